The lowest BCUT2D eigenvalue weighted by Gasteiger charge is -2.23. The van der Waals surface area contributed by atoms with Crippen LogP contribution < -0.4 is 15.8 Å². The lowest BCUT2D eigenvalue weighted by Crippen LogP contribution is -2.47. The van der Waals surface area contributed by atoms with E-state index in [2.05, 4.69) is 19.6 Å². The molecule has 0 aliphatic rings. The van der Waals surface area contributed by atoms with Crippen LogP contribution in [0.1, 0.15) is 0 Å². The lowest BCUT2D eigenvalue weighted by molar-refractivity contribution is 0.501. The fourth-order valence-corrected chi connectivity index (χ4v) is 6.59. The van der Waals surface area contributed by atoms with Gasteiger partial charge in [0.2, 0.25) is 0 Å². The van der Waals surface area contributed by atoms with Gasteiger partial charge in [0, 0.05) is 10.6 Å². The van der Waals surface area contributed by atoms with Crippen molar-refractivity contribution in [2.75, 3.05) is 0 Å². The Labute approximate surface area is 115 Å². The molecule has 1 unspecified atom stereocenters. The summed E-state index contributed by atoms with van der Waals surface area (Å²) in [6.45, 7) is 6.57. The largest absolute Gasteiger partial charge is 0.338 e. The van der Waals surface area contributed by atoms with Crippen molar-refractivity contribution in [3.8, 4) is 0 Å². The molecule has 2 aromatic carbocycles. The van der Waals surface area contributed by atoms with Crippen LogP contribution in [0.2, 0.25) is 19.6 Å². The van der Waals surface area contributed by atoms with E-state index in [9.17, 15) is 9.46 Å². The predicted octanol–water partition coefficient (Wildman–Crippen LogP) is 2.45. The first kappa shape index (κ1) is 14.3. The molecule has 0 radical (unpaired) electrons. The third-order valence-electron chi connectivity index (χ3n) is 3.14. The molecule has 100 valence electrons. The van der Waals surface area contributed by atoms with Crippen molar-refractivity contribution in [3.05, 3.63) is 54.6 Å². The van der Waals surface area contributed by atoms with E-state index < -0.39 is 15.4 Å². The monoisotopic (exact) mass is 290 g/mol. The minimum Gasteiger partial charge on any atom is -0.338 e. The second-order valence-corrected chi connectivity index (χ2v) is 12.9. The van der Waals surface area contributed by atoms with Gasteiger partial charge in [-0.05, 0) is 23.4 Å². The van der Waals surface area contributed by atoms with E-state index in [-0.39, 0.29) is 0 Å². The number of benzene rings is 2. The molecule has 0 amide bonds. The van der Waals surface area contributed by atoms with E-state index in [1.165, 1.54) is 0 Å². The SMILES string of the molecule is C[Si](C)(C)c1ccccc1P(=O)(O)c1ccccc1. The van der Waals surface area contributed by atoms with Crippen molar-refractivity contribution < 1.29 is 9.46 Å². The summed E-state index contributed by atoms with van der Waals surface area (Å²) < 4.78 is 12.9. The van der Waals surface area contributed by atoms with Crippen molar-refractivity contribution in [2.24, 2.45) is 0 Å². The summed E-state index contributed by atoms with van der Waals surface area (Å²) >= 11 is 0. The van der Waals surface area contributed by atoms with Crippen LogP contribution in [-0.2, 0) is 4.57 Å². The highest BCUT2D eigenvalue weighted by Crippen LogP contribution is 2.37. The molecule has 1 atom stereocenters. The second kappa shape index (κ2) is 5.08. The van der Waals surface area contributed by atoms with Crippen LogP contribution in [0.5, 0.6) is 0 Å². The molecule has 19 heavy (non-hydrogen) atoms. The molecule has 2 aromatic rings. The van der Waals surface area contributed by atoms with Crippen molar-refractivity contribution in [1.29, 1.82) is 0 Å². The predicted molar refractivity (Wildman–Crippen MR) is 85.0 cm³/mol. The Balaban J connectivity index is 2.63. The zero-order chi connectivity index (χ0) is 14.1. The lowest BCUT2D eigenvalue weighted by atomic mass is 10.4. The standard InChI is InChI=1S/C15H19O2PSi/c1-19(2,3)15-12-8-7-11-14(15)18(16,17)13-9-5-4-6-10-13/h4-12H,1-3H3,(H,16,17). The third kappa shape index (κ3) is 2.89. The van der Waals surface area contributed by atoms with Crippen LogP contribution >= 0.6 is 7.37 Å². The normalized spacial score (nSPS) is 14.9. The molecule has 0 aliphatic carbocycles. The van der Waals surface area contributed by atoms with E-state index in [4.69, 9.17) is 0 Å². The Morgan fingerprint density at radius 3 is 2.00 bits per heavy atom. The Morgan fingerprint density at radius 1 is 0.895 bits per heavy atom. The summed E-state index contributed by atoms with van der Waals surface area (Å²) in [5.41, 5.74) is 0. The van der Waals surface area contributed by atoms with Crippen LogP contribution in [-0.4, -0.2) is 13.0 Å². The fraction of sp³-hybridized carbons (Fsp3) is 0.200. The Bertz CT molecular complexity index is 618. The van der Waals surface area contributed by atoms with Crippen LogP contribution in [0.3, 0.4) is 0 Å². The Hall–Kier alpha value is -1.15. The van der Waals surface area contributed by atoms with Gasteiger partial charge in [-0.1, -0.05) is 56.0 Å². The van der Waals surface area contributed by atoms with Gasteiger partial charge in [0.15, 0.2) is 0 Å². The third-order valence-corrected chi connectivity index (χ3v) is 7.45. The molecule has 4 heteroatoms. The summed E-state index contributed by atoms with van der Waals surface area (Å²) in [6, 6.07) is 16.5. The first-order chi connectivity index (χ1) is 8.83. The highest BCUT2D eigenvalue weighted by atomic mass is 31.2. The molecule has 0 aromatic heterocycles. The Morgan fingerprint density at radius 2 is 1.42 bits per heavy atom. The molecule has 0 heterocycles. The molecule has 2 rings (SSSR count). The summed E-state index contributed by atoms with van der Waals surface area (Å²) in [7, 11) is -5.15. The average molecular weight is 290 g/mol. The first-order valence-electron chi connectivity index (χ1n) is 6.32. The average Bonchev–Trinajstić information content (AvgIpc) is 2.39. The summed E-state index contributed by atoms with van der Waals surface area (Å²) in [5.74, 6) is 0. The van der Waals surface area contributed by atoms with Crippen LogP contribution in [0.15, 0.2) is 54.6 Å². The molecule has 2 nitrogen and oxygen atoms in total. The van der Waals surface area contributed by atoms with E-state index in [1.54, 1.807) is 30.3 Å². The summed E-state index contributed by atoms with van der Waals surface area (Å²) in [6.07, 6.45) is 0. The maximum Gasteiger partial charge on any atom is 0.258 e. The van der Waals surface area contributed by atoms with Gasteiger partial charge in [-0.25, -0.2) is 0 Å². The van der Waals surface area contributed by atoms with Crippen molar-refractivity contribution in [3.63, 3.8) is 0 Å². The smallest absolute Gasteiger partial charge is 0.258 e. The van der Waals surface area contributed by atoms with Gasteiger partial charge >= 0.3 is 0 Å². The topological polar surface area (TPSA) is 37.3 Å². The van der Waals surface area contributed by atoms with Crippen LogP contribution in [0.25, 0.3) is 0 Å². The second-order valence-electron chi connectivity index (χ2n) is 5.68. The van der Waals surface area contributed by atoms with Crippen molar-refractivity contribution >= 4 is 31.2 Å². The van der Waals surface area contributed by atoms with Gasteiger partial charge in [0.25, 0.3) is 7.37 Å². The summed E-state index contributed by atoms with van der Waals surface area (Å²) in [4.78, 5) is 10.6. The first-order valence-corrected chi connectivity index (χ1v) is 11.5. The number of hydrogen-bond acceptors (Lipinski definition) is 1. The minimum absolute atomic E-state index is 0.501. The molecule has 1 N–H and O–H groups in total. The van der Waals surface area contributed by atoms with Gasteiger partial charge in [-0.3, -0.25) is 4.57 Å². The number of rotatable bonds is 3. The van der Waals surface area contributed by atoms with E-state index in [0.717, 1.165) is 5.19 Å². The molecule has 0 fully saturated rings. The molecule has 0 bridgehead atoms. The summed E-state index contributed by atoms with van der Waals surface area (Å²) in [5, 5.41) is 2.16. The number of hydrogen-bond donors (Lipinski definition) is 1. The molecule has 0 aliphatic heterocycles. The van der Waals surface area contributed by atoms with E-state index >= 15 is 0 Å². The fourth-order valence-electron chi connectivity index (χ4n) is 2.14. The van der Waals surface area contributed by atoms with Gasteiger partial charge in [0.1, 0.15) is 0 Å². The quantitative estimate of drug-likeness (QED) is 0.696. The van der Waals surface area contributed by atoms with Gasteiger partial charge in [-0.2, -0.15) is 0 Å². The maximum atomic E-state index is 12.9. The van der Waals surface area contributed by atoms with E-state index in [1.807, 2.05) is 24.3 Å². The molecule has 0 saturated heterocycles. The molecular weight excluding hydrogens is 271 g/mol. The Kier molecular flexibility index (Phi) is 3.82. The van der Waals surface area contributed by atoms with Crippen molar-refractivity contribution in [1.82, 2.24) is 0 Å². The van der Waals surface area contributed by atoms with Gasteiger partial charge in [0.05, 0.1) is 8.07 Å². The van der Waals surface area contributed by atoms with Crippen LogP contribution in [0.4, 0.5) is 0 Å². The maximum absolute atomic E-state index is 12.9. The zero-order valence-electron chi connectivity index (χ0n) is 11.5. The van der Waals surface area contributed by atoms with Gasteiger partial charge in [-0.15, -0.1) is 0 Å². The molecule has 0 saturated carbocycles. The van der Waals surface area contributed by atoms with E-state index in [0.29, 0.717) is 10.6 Å². The minimum atomic E-state index is -3.50. The van der Waals surface area contributed by atoms with Crippen LogP contribution in [0, 0.1) is 0 Å². The molecular formula is C15H19O2PSi. The highest BCUT2D eigenvalue weighted by molar-refractivity contribution is 7.74. The highest BCUT2D eigenvalue weighted by Gasteiger charge is 2.31. The van der Waals surface area contributed by atoms with Gasteiger partial charge < -0.3 is 4.89 Å². The molecule has 0 spiro atoms. The zero-order valence-corrected chi connectivity index (χ0v) is 13.4. The van der Waals surface area contributed by atoms with Crippen molar-refractivity contribution in [2.45, 2.75) is 19.6 Å².